The van der Waals surface area contributed by atoms with E-state index in [0.717, 1.165) is 0 Å². The highest BCUT2D eigenvalue weighted by molar-refractivity contribution is 7.45. The molecule has 0 aliphatic heterocycles. The van der Waals surface area contributed by atoms with E-state index >= 15 is 0 Å². The maximum atomic E-state index is 10.2. The van der Waals surface area contributed by atoms with Crippen molar-refractivity contribution in [2.75, 3.05) is 6.66 Å². The fraction of sp³-hybridized carbons (Fsp3) is 0.750. The summed E-state index contributed by atoms with van der Waals surface area (Å²) in [7, 11) is -6.44. The number of carbonyl (C=O) groups is 1. The van der Waals surface area contributed by atoms with E-state index in [4.69, 9.17) is 24.4 Å². The quantitative estimate of drug-likeness (QED) is 0.508. The lowest BCUT2D eigenvalue weighted by Gasteiger charge is -1.93. The highest BCUT2D eigenvalue weighted by atomic mass is 31.2. The molecule has 0 aliphatic rings. The van der Waals surface area contributed by atoms with Gasteiger partial charge in [-0.1, -0.05) is 0 Å². The van der Waals surface area contributed by atoms with Crippen molar-refractivity contribution in [2.45, 2.75) is 13.0 Å². The smallest absolute Gasteiger partial charge is 0.479 e. The molecular formula is C4H11O8P2+. The Labute approximate surface area is 80.6 Å². The van der Waals surface area contributed by atoms with Crippen LogP contribution in [0.15, 0.2) is 0 Å². The highest BCUT2D eigenvalue weighted by Crippen LogP contribution is 2.25. The Hall–Kier alpha value is -0.360. The minimum atomic E-state index is -4.64. The second kappa shape index (κ2) is 7.00. The number of phosphoric acid groups is 1. The minimum absolute atomic E-state index is 0.974. The third-order valence-corrected chi connectivity index (χ3v) is 1.27. The topological polar surface area (TPSA) is 141 Å². The van der Waals surface area contributed by atoms with Gasteiger partial charge in [0.05, 0.1) is 0 Å². The highest BCUT2D eigenvalue weighted by Gasteiger charge is 2.20. The summed E-state index contributed by atoms with van der Waals surface area (Å²) in [6.45, 7) is 2.65. The van der Waals surface area contributed by atoms with Gasteiger partial charge in [-0.25, -0.2) is 9.36 Å². The van der Waals surface area contributed by atoms with Gasteiger partial charge in [-0.2, -0.15) is 0 Å². The van der Waals surface area contributed by atoms with E-state index < -0.39 is 27.9 Å². The van der Waals surface area contributed by atoms with Gasteiger partial charge in [-0.05, 0) is 11.5 Å². The van der Waals surface area contributed by atoms with E-state index in [9.17, 15) is 9.36 Å². The molecule has 0 radical (unpaired) electrons. The standard InChI is InChI=1S/C4H7O4P.H3O4P/c1-3(4(5)6)8-9(2)7;1-5(2,3)4/h3H,1-2H3;(H3,1,2,3,4)/p+1. The van der Waals surface area contributed by atoms with Crippen LogP contribution in [0.4, 0.5) is 0 Å². The second-order valence-corrected chi connectivity index (χ2v) is 4.16. The molecule has 14 heavy (non-hydrogen) atoms. The average Bonchev–Trinajstić information content (AvgIpc) is 1.80. The molecule has 8 nitrogen and oxygen atoms in total. The van der Waals surface area contributed by atoms with Gasteiger partial charge in [0, 0.05) is 0 Å². The Morgan fingerprint density at radius 3 is 1.79 bits per heavy atom. The first kappa shape index (κ1) is 16.1. The molecule has 2 unspecified atom stereocenters. The van der Waals surface area contributed by atoms with Crippen molar-refractivity contribution in [2.24, 2.45) is 0 Å². The van der Waals surface area contributed by atoms with Crippen LogP contribution < -0.4 is 0 Å². The molecule has 0 saturated carbocycles. The largest absolute Gasteiger partial charge is 0.505 e. The number of carboxylic acids is 1. The van der Waals surface area contributed by atoms with Crippen molar-refractivity contribution < 1.29 is 38.2 Å². The summed E-state index contributed by atoms with van der Waals surface area (Å²) in [6, 6.07) is 0. The van der Waals surface area contributed by atoms with Crippen molar-refractivity contribution >= 4 is 21.8 Å². The van der Waals surface area contributed by atoms with Crippen LogP contribution in [0.25, 0.3) is 0 Å². The van der Waals surface area contributed by atoms with E-state index in [1.54, 1.807) is 0 Å². The van der Waals surface area contributed by atoms with E-state index in [1.807, 2.05) is 0 Å². The first-order valence-electron chi connectivity index (χ1n) is 3.12. The lowest BCUT2D eigenvalue weighted by molar-refractivity contribution is -0.144. The number of hydrogen-bond acceptors (Lipinski definition) is 4. The molecule has 0 aromatic carbocycles. The zero-order valence-electron chi connectivity index (χ0n) is 7.39. The molecule has 0 saturated heterocycles. The molecule has 0 rings (SSSR count). The van der Waals surface area contributed by atoms with E-state index in [1.165, 1.54) is 13.6 Å². The van der Waals surface area contributed by atoms with Crippen LogP contribution in [0, 0.1) is 0 Å². The zero-order valence-corrected chi connectivity index (χ0v) is 9.18. The van der Waals surface area contributed by atoms with Gasteiger partial charge in [-0.3, -0.25) is 0 Å². The van der Waals surface area contributed by atoms with Gasteiger partial charge in [0.25, 0.3) is 0 Å². The maximum absolute atomic E-state index is 10.2. The predicted octanol–water partition coefficient (Wildman–Crippen LogP) is -0.0803. The van der Waals surface area contributed by atoms with Crippen LogP contribution in [0.2, 0.25) is 0 Å². The Kier molecular flexibility index (Phi) is 8.04. The molecule has 0 bridgehead atoms. The van der Waals surface area contributed by atoms with E-state index in [2.05, 4.69) is 4.52 Å². The SMILES string of the molecule is CC(O[P+](C)=O)C(=O)O.O=P(O)(O)O. The molecule has 0 fully saturated rings. The fourth-order valence-corrected chi connectivity index (χ4v) is 0.803. The molecule has 0 aromatic rings. The first-order valence-corrected chi connectivity index (χ1v) is 6.31. The predicted molar refractivity (Wildman–Crippen MR) is 46.0 cm³/mol. The molecular weight excluding hydrogens is 238 g/mol. The Balaban J connectivity index is 0. The van der Waals surface area contributed by atoms with Crippen LogP contribution in [-0.4, -0.2) is 38.5 Å². The first-order chi connectivity index (χ1) is 6.04. The summed E-state index contributed by atoms with van der Waals surface area (Å²) in [5.41, 5.74) is 0. The van der Waals surface area contributed by atoms with Crippen molar-refractivity contribution in [3.05, 3.63) is 0 Å². The summed E-state index contributed by atoms with van der Waals surface area (Å²) in [5, 5.41) is 8.18. The molecule has 0 amide bonds. The lowest BCUT2D eigenvalue weighted by atomic mass is 10.4. The van der Waals surface area contributed by atoms with Crippen molar-refractivity contribution in [3.63, 3.8) is 0 Å². The van der Waals surface area contributed by atoms with Crippen LogP contribution in [-0.2, 0) is 18.4 Å². The zero-order chi connectivity index (χ0) is 11.9. The minimum Gasteiger partial charge on any atom is -0.479 e. The van der Waals surface area contributed by atoms with Crippen LogP contribution in [0.3, 0.4) is 0 Å². The van der Waals surface area contributed by atoms with Gasteiger partial charge in [0.15, 0.2) is 6.66 Å². The second-order valence-electron chi connectivity index (χ2n) is 2.04. The summed E-state index contributed by atoms with van der Waals surface area (Å²) in [4.78, 5) is 31.5. The van der Waals surface area contributed by atoms with Gasteiger partial charge in [-0.15, -0.1) is 4.52 Å². The van der Waals surface area contributed by atoms with Crippen molar-refractivity contribution in [1.29, 1.82) is 0 Å². The van der Waals surface area contributed by atoms with Crippen LogP contribution in [0.1, 0.15) is 6.92 Å². The van der Waals surface area contributed by atoms with Gasteiger partial charge < -0.3 is 19.8 Å². The van der Waals surface area contributed by atoms with E-state index in [0.29, 0.717) is 0 Å². The molecule has 0 spiro atoms. The number of aliphatic carboxylic acids is 1. The number of hydrogen-bond donors (Lipinski definition) is 4. The monoisotopic (exact) mass is 249 g/mol. The maximum Gasteiger partial charge on any atom is 0.505 e. The van der Waals surface area contributed by atoms with Crippen LogP contribution in [0.5, 0.6) is 0 Å². The molecule has 84 valence electrons. The summed E-state index contributed by atoms with van der Waals surface area (Å²) in [5.74, 6) is -1.10. The van der Waals surface area contributed by atoms with E-state index in [-0.39, 0.29) is 0 Å². The normalized spacial score (nSPS) is 13.6. The molecule has 2 atom stereocenters. The van der Waals surface area contributed by atoms with Crippen LogP contribution >= 0.6 is 15.9 Å². The summed E-state index contributed by atoms with van der Waals surface area (Å²) in [6.07, 6.45) is -0.974. The summed E-state index contributed by atoms with van der Waals surface area (Å²) >= 11 is 0. The van der Waals surface area contributed by atoms with Gasteiger partial charge >= 0.3 is 21.8 Å². The molecule has 0 aromatic heterocycles. The third-order valence-electron chi connectivity index (χ3n) is 0.654. The van der Waals surface area contributed by atoms with Gasteiger partial charge in [0.2, 0.25) is 6.10 Å². The van der Waals surface area contributed by atoms with Crippen molar-refractivity contribution in [1.82, 2.24) is 0 Å². The Bertz CT molecular complexity index is 235. The Morgan fingerprint density at radius 1 is 1.43 bits per heavy atom. The number of rotatable bonds is 3. The summed E-state index contributed by atoms with van der Waals surface area (Å²) < 4.78 is 23.5. The van der Waals surface area contributed by atoms with Crippen molar-refractivity contribution in [3.8, 4) is 0 Å². The molecule has 0 heterocycles. The fourth-order valence-electron chi connectivity index (χ4n) is 0.268. The lowest BCUT2D eigenvalue weighted by Crippen LogP contribution is -2.16. The molecule has 10 heteroatoms. The molecule has 0 aliphatic carbocycles. The van der Waals surface area contributed by atoms with Gasteiger partial charge in [0.1, 0.15) is 0 Å². The average molecular weight is 249 g/mol. The Morgan fingerprint density at radius 2 is 1.71 bits per heavy atom. The third kappa shape index (κ3) is 22.6. The molecule has 4 N–H and O–H groups in total. The number of carboxylic acid groups (broad SMARTS) is 1.